The van der Waals surface area contributed by atoms with Gasteiger partial charge in [0.15, 0.2) is 0 Å². The van der Waals surface area contributed by atoms with E-state index in [1.54, 1.807) is 0 Å². The average Bonchev–Trinajstić information content (AvgIpc) is 2.80. The first-order chi connectivity index (χ1) is 14.3. The Morgan fingerprint density at radius 3 is 2.45 bits per heavy atom. The van der Waals surface area contributed by atoms with Crippen molar-refractivity contribution in [2.24, 2.45) is 0 Å². The van der Waals surface area contributed by atoms with E-state index in [2.05, 4.69) is 38.3 Å². The third-order valence-electron chi connectivity index (χ3n) is 5.52. The molecule has 1 amide bonds. The fourth-order valence-corrected chi connectivity index (χ4v) is 3.89. The van der Waals surface area contributed by atoms with Crippen molar-refractivity contribution in [3.8, 4) is 0 Å². The van der Waals surface area contributed by atoms with E-state index in [1.165, 1.54) is 5.69 Å². The number of nitrogens with one attached hydrogen (secondary N) is 1. The fourth-order valence-electron chi connectivity index (χ4n) is 3.89. The van der Waals surface area contributed by atoms with E-state index in [0.717, 1.165) is 64.0 Å². The number of ether oxygens (including phenoxy) is 1. The monoisotopic (exact) mass is 395 g/mol. The number of hydrogen-bond acceptors (Lipinski definition) is 6. The number of amides is 1. The second-order valence-corrected chi connectivity index (χ2v) is 7.35. The molecule has 2 aliphatic heterocycles. The summed E-state index contributed by atoms with van der Waals surface area (Å²) >= 11 is 0. The number of nitrogens with zero attached hydrogens (tertiary/aromatic N) is 4. The van der Waals surface area contributed by atoms with Crippen LogP contribution in [0, 0.1) is 0 Å². The van der Waals surface area contributed by atoms with Gasteiger partial charge in [-0.05, 0) is 24.3 Å². The predicted octanol–water partition coefficient (Wildman–Crippen LogP) is 2.07. The second kappa shape index (κ2) is 9.60. The van der Waals surface area contributed by atoms with Crippen LogP contribution in [0.1, 0.15) is 6.42 Å². The fraction of sp³-hybridized carbons (Fsp3) is 0.455. The summed E-state index contributed by atoms with van der Waals surface area (Å²) < 4.78 is 5.46. The van der Waals surface area contributed by atoms with Crippen LogP contribution in [0.15, 0.2) is 48.7 Å². The average molecular weight is 396 g/mol. The van der Waals surface area contributed by atoms with Crippen molar-refractivity contribution in [1.29, 1.82) is 0 Å². The minimum absolute atomic E-state index is 0.210. The Labute approximate surface area is 172 Å². The van der Waals surface area contributed by atoms with Crippen LogP contribution < -0.4 is 15.1 Å². The van der Waals surface area contributed by atoms with Gasteiger partial charge in [0.25, 0.3) is 0 Å². The van der Waals surface area contributed by atoms with E-state index >= 15 is 0 Å². The van der Waals surface area contributed by atoms with Crippen molar-refractivity contribution >= 4 is 23.1 Å². The lowest BCUT2D eigenvalue weighted by molar-refractivity contribution is -0.131. The molecule has 0 saturated carbocycles. The molecule has 29 heavy (non-hydrogen) atoms. The second-order valence-electron chi connectivity index (χ2n) is 7.35. The largest absolute Gasteiger partial charge is 0.383 e. The molecular weight excluding hydrogens is 366 g/mol. The lowest BCUT2D eigenvalue weighted by atomic mass is 10.2. The third kappa shape index (κ3) is 4.98. The molecule has 2 aromatic rings. The number of morpholine rings is 1. The molecule has 0 radical (unpaired) electrons. The van der Waals surface area contributed by atoms with E-state index in [1.807, 2.05) is 35.4 Å². The normalized spacial score (nSPS) is 17.3. The highest BCUT2D eigenvalue weighted by molar-refractivity contribution is 5.77. The van der Waals surface area contributed by atoms with E-state index in [9.17, 15) is 4.79 Å². The molecule has 0 spiro atoms. The van der Waals surface area contributed by atoms with Gasteiger partial charge in [-0.15, -0.1) is 0 Å². The van der Waals surface area contributed by atoms with Crippen LogP contribution in [0.4, 0.5) is 17.2 Å². The molecular formula is C22H29N5O2. The lowest BCUT2D eigenvalue weighted by Gasteiger charge is -2.35. The summed E-state index contributed by atoms with van der Waals surface area (Å²) in [5.74, 6) is 1.20. The van der Waals surface area contributed by atoms with Gasteiger partial charge in [0.2, 0.25) is 5.91 Å². The molecule has 3 heterocycles. The molecule has 7 nitrogen and oxygen atoms in total. The van der Waals surface area contributed by atoms with Gasteiger partial charge in [-0.2, -0.15) is 0 Å². The highest BCUT2D eigenvalue weighted by atomic mass is 16.5. The molecule has 4 rings (SSSR count). The summed E-state index contributed by atoms with van der Waals surface area (Å²) in [5.41, 5.74) is 2.27. The van der Waals surface area contributed by atoms with Crippen LogP contribution in [0.25, 0.3) is 0 Å². The Balaban J connectivity index is 1.25. The van der Waals surface area contributed by atoms with Gasteiger partial charge in [0.05, 0.1) is 24.6 Å². The van der Waals surface area contributed by atoms with Crippen LogP contribution in [0.3, 0.4) is 0 Å². The van der Waals surface area contributed by atoms with Gasteiger partial charge < -0.3 is 24.8 Å². The van der Waals surface area contributed by atoms with Crippen LogP contribution in [-0.2, 0) is 9.53 Å². The zero-order valence-electron chi connectivity index (χ0n) is 16.8. The van der Waals surface area contributed by atoms with Gasteiger partial charge in [-0.1, -0.05) is 18.2 Å². The first kappa shape index (κ1) is 19.5. The quantitative estimate of drug-likeness (QED) is 0.808. The minimum atomic E-state index is 0.210. The molecule has 0 atom stereocenters. The number of carbonyl (C=O) groups excluding carboxylic acids is 1. The molecule has 154 valence electrons. The predicted molar refractivity (Wildman–Crippen MR) is 116 cm³/mol. The summed E-state index contributed by atoms with van der Waals surface area (Å²) in [5, 5.41) is 3.46. The van der Waals surface area contributed by atoms with Crippen LogP contribution in [-0.4, -0.2) is 74.8 Å². The van der Waals surface area contributed by atoms with E-state index in [4.69, 9.17) is 4.74 Å². The van der Waals surface area contributed by atoms with Gasteiger partial charge in [0, 0.05) is 58.4 Å². The molecule has 1 N–H and O–H groups in total. The van der Waals surface area contributed by atoms with Crippen molar-refractivity contribution in [2.45, 2.75) is 6.42 Å². The summed E-state index contributed by atoms with van der Waals surface area (Å²) in [6.07, 6.45) is 2.31. The number of aromatic nitrogens is 1. The van der Waals surface area contributed by atoms with Crippen molar-refractivity contribution in [1.82, 2.24) is 9.88 Å². The van der Waals surface area contributed by atoms with Crippen molar-refractivity contribution in [2.75, 3.05) is 74.1 Å². The standard InChI is InChI=1S/C22H29N5O2/c28-22(27-13-11-26(12-14-27)21-7-3-4-9-24-21)8-10-23-19-5-1-2-6-20(19)25-15-17-29-18-16-25/h1-7,9,23H,8,10-18H2. The van der Waals surface area contributed by atoms with Crippen LogP contribution in [0.5, 0.6) is 0 Å². The van der Waals surface area contributed by atoms with Gasteiger partial charge in [-0.3, -0.25) is 4.79 Å². The Morgan fingerprint density at radius 2 is 1.69 bits per heavy atom. The molecule has 2 aliphatic rings. The molecule has 7 heteroatoms. The van der Waals surface area contributed by atoms with Gasteiger partial charge in [-0.25, -0.2) is 4.98 Å². The Morgan fingerprint density at radius 1 is 0.931 bits per heavy atom. The van der Waals surface area contributed by atoms with E-state index in [0.29, 0.717) is 13.0 Å². The maximum Gasteiger partial charge on any atom is 0.224 e. The minimum Gasteiger partial charge on any atom is -0.383 e. The molecule has 2 fully saturated rings. The van der Waals surface area contributed by atoms with E-state index < -0.39 is 0 Å². The molecule has 0 aliphatic carbocycles. The van der Waals surface area contributed by atoms with Crippen molar-refractivity contribution < 1.29 is 9.53 Å². The summed E-state index contributed by atoms with van der Waals surface area (Å²) in [4.78, 5) is 23.6. The molecule has 1 aromatic carbocycles. The highest BCUT2D eigenvalue weighted by Gasteiger charge is 2.21. The number of carbonyl (C=O) groups is 1. The number of hydrogen-bond donors (Lipinski definition) is 1. The maximum atomic E-state index is 12.6. The zero-order valence-corrected chi connectivity index (χ0v) is 16.8. The first-order valence-corrected chi connectivity index (χ1v) is 10.4. The smallest absolute Gasteiger partial charge is 0.224 e. The number of piperazine rings is 1. The molecule has 2 saturated heterocycles. The molecule has 1 aromatic heterocycles. The first-order valence-electron chi connectivity index (χ1n) is 10.4. The summed E-state index contributed by atoms with van der Waals surface area (Å²) in [7, 11) is 0. The Hall–Kier alpha value is -2.80. The summed E-state index contributed by atoms with van der Waals surface area (Å²) in [6.45, 7) is 7.12. The van der Waals surface area contributed by atoms with Gasteiger partial charge >= 0.3 is 0 Å². The lowest BCUT2D eigenvalue weighted by Crippen LogP contribution is -2.49. The SMILES string of the molecule is O=C(CCNc1ccccc1N1CCOCC1)N1CCN(c2ccccn2)CC1. The Bertz CT molecular complexity index is 787. The number of para-hydroxylation sites is 2. The highest BCUT2D eigenvalue weighted by Crippen LogP contribution is 2.26. The van der Waals surface area contributed by atoms with E-state index in [-0.39, 0.29) is 5.91 Å². The topological polar surface area (TPSA) is 60.9 Å². The summed E-state index contributed by atoms with van der Waals surface area (Å²) in [6, 6.07) is 14.3. The van der Waals surface area contributed by atoms with Crippen molar-refractivity contribution in [3.63, 3.8) is 0 Å². The van der Waals surface area contributed by atoms with Gasteiger partial charge in [0.1, 0.15) is 5.82 Å². The number of benzene rings is 1. The van der Waals surface area contributed by atoms with Crippen molar-refractivity contribution in [3.05, 3.63) is 48.7 Å². The number of pyridine rings is 1. The third-order valence-corrected chi connectivity index (χ3v) is 5.52. The number of anilines is 3. The molecule has 0 bridgehead atoms. The number of rotatable bonds is 6. The zero-order chi connectivity index (χ0) is 19.9. The Kier molecular flexibility index (Phi) is 6.46. The molecule has 0 unspecified atom stereocenters. The maximum absolute atomic E-state index is 12.6. The van der Waals surface area contributed by atoms with Crippen LogP contribution in [0.2, 0.25) is 0 Å². The van der Waals surface area contributed by atoms with Crippen LogP contribution >= 0.6 is 0 Å².